The Balaban J connectivity index is 1.72. The second-order valence-corrected chi connectivity index (χ2v) is 6.60. The van der Waals surface area contributed by atoms with E-state index in [2.05, 4.69) is 16.0 Å². The largest absolute Gasteiger partial charge is 0.467 e. The van der Waals surface area contributed by atoms with Gasteiger partial charge in [-0.1, -0.05) is 48.6 Å². The minimum Gasteiger partial charge on any atom is -0.467 e. The van der Waals surface area contributed by atoms with Gasteiger partial charge in [-0.2, -0.15) is 0 Å². The first-order valence-corrected chi connectivity index (χ1v) is 8.20. The Labute approximate surface area is 145 Å². The van der Waals surface area contributed by atoms with E-state index in [0.29, 0.717) is 4.99 Å². The number of hydrogen-bond acceptors (Lipinski definition) is 3. The number of anilines is 1. The Kier molecular flexibility index (Phi) is 3.42. The Hall–Kier alpha value is -2.60. The zero-order valence-electron chi connectivity index (χ0n) is 13.1. The molecule has 2 bridgehead atoms. The predicted octanol–water partition coefficient (Wildman–Crippen LogP) is 3.20. The van der Waals surface area contributed by atoms with Gasteiger partial charge >= 0.3 is 6.03 Å². The molecule has 3 unspecified atom stereocenters. The minimum atomic E-state index is -0.903. The van der Waals surface area contributed by atoms with Crippen LogP contribution in [0.4, 0.5) is 10.5 Å². The van der Waals surface area contributed by atoms with Gasteiger partial charge in [0.15, 0.2) is 5.72 Å². The number of thiocarbonyl (C=S) groups is 1. The van der Waals surface area contributed by atoms with Crippen molar-refractivity contribution < 1.29 is 9.53 Å². The lowest BCUT2D eigenvalue weighted by Gasteiger charge is -2.50. The number of nitrogens with one attached hydrogen (secondary N) is 3. The molecule has 2 aromatic carbocycles. The molecule has 1 fully saturated rings. The van der Waals surface area contributed by atoms with Gasteiger partial charge in [-0.05, 0) is 25.1 Å². The van der Waals surface area contributed by atoms with E-state index in [-0.39, 0.29) is 18.0 Å². The van der Waals surface area contributed by atoms with Crippen LogP contribution in [-0.4, -0.2) is 16.7 Å². The van der Waals surface area contributed by atoms with Crippen molar-refractivity contribution in [3.05, 3.63) is 60.2 Å². The van der Waals surface area contributed by atoms with Crippen molar-refractivity contribution in [3.63, 3.8) is 0 Å². The maximum atomic E-state index is 12.1. The monoisotopic (exact) mass is 339 g/mol. The summed E-state index contributed by atoms with van der Waals surface area (Å²) in [6, 6.07) is 17.0. The van der Waals surface area contributed by atoms with Crippen molar-refractivity contribution >= 4 is 28.9 Å². The number of carbonyl (C=O) groups excluding carboxylic acids is 1. The summed E-state index contributed by atoms with van der Waals surface area (Å²) in [6.45, 7) is 1.86. The number of carbonyl (C=O) groups is 1. The molecule has 2 aromatic rings. The SMILES string of the molecule is CC12NC(=O)NC(c3ccccc3O1)C2C(=S)Nc1ccccc1. The molecule has 1 saturated heterocycles. The summed E-state index contributed by atoms with van der Waals surface area (Å²) < 4.78 is 6.13. The molecular formula is C18H17N3O2S. The topological polar surface area (TPSA) is 62.4 Å². The smallest absolute Gasteiger partial charge is 0.318 e. The first-order valence-electron chi connectivity index (χ1n) is 7.79. The molecule has 0 aliphatic carbocycles. The van der Waals surface area contributed by atoms with Gasteiger partial charge in [0.1, 0.15) is 5.75 Å². The van der Waals surface area contributed by atoms with Crippen LogP contribution in [-0.2, 0) is 0 Å². The van der Waals surface area contributed by atoms with E-state index in [4.69, 9.17) is 17.0 Å². The van der Waals surface area contributed by atoms with E-state index in [1.54, 1.807) is 0 Å². The third-order valence-electron chi connectivity index (χ3n) is 4.47. The number of hydrogen-bond donors (Lipinski definition) is 3. The van der Waals surface area contributed by atoms with Crippen LogP contribution in [0, 0.1) is 5.92 Å². The van der Waals surface area contributed by atoms with Gasteiger partial charge in [0.05, 0.1) is 16.9 Å². The Morgan fingerprint density at radius 1 is 1.17 bits per heavy atom. The molecule has 0 spiro atoms. The van der Waals surface area contributed by atoms with Gasteiger partial charge in [-0.3, -0.25) is 5.32 Å². The highest BCUT2D eigenvalue weighted by molar-refractivity contribution is 7.80. The molecule has 0 radical (unpaired) electrons. The van der Waals surface area contributed by atoms with E-state index in [1.165, 1.54) is 0 Å². The van der Waals surface area contributed by atoms with Crippen molar-refractivity contribution in [1.29, 1.82) is 0 Å². The molecule has 2 heterocycles. The van der Waals surface area contributed by atoms with Crippen molar-refractivity contribution in [3.8, 4) is 5.75 Å². The quantitative estimate of drug-likeness (QED) is 0.735. The first kappa shape index (κ1) is 15.0. The second kappa shape index (κ2) is 5.49. The highest BCUT2D eigenvalue weighted by atomic mass is 32.1. The number of urea groups is 1. The van der Waals surface area contributed by atoms with E-state index >= 15 is 0 Å². The van der Waals surface area contributed by atoms with E-state index in [1.807, 2.05) is 61.5 Å². The zero-order chi connectivity index (χ0) is 16.7. The average Bonchev–Trinajstić information content (AvgIpc) is 2.54. The number of ether oxygens (including phenoxy) is 1. The molecule has 122 valence electrons. The second-order valence-electron chi connectivity index (χ2n) is 6.16. The highest BCUT2D eigenvalue weighted by Crippen LogP contribution is 2.45. The Bertz CT molecular complexity index is 811. The first-order chi connectivity index (χ1) is 11.6. The van der Waals surface area contributed by atoms with Gasteiger partial charge in [0.2, 0.25) is 0 Å². The lowest BCUT2D eigenvalue weighted by molar-refractivity contribution is -0.0157. The predicted molar refractivity (Wildman–Crippen MR) is 96.0 cm³/mol. The minimum absolute atomic E-state index is 0.236. The molecule has 2 aliphatic rings. The molecule has 4 rings (SSSR count). The standard InChI is InChI=1S/C18H17N3O2S/c1-18-14(16(24)19-11-7-3-2-4-8-11)15(20-17(22)21-18)12-9-5-6-10-13(12)23-18/h2-10,14-15H,1H3,(H,19,24)(H2,20,21,22). The summed E-state index contributed by atoms with van der Waals surface area (Å²) in [5, 5.41) is 9.14. The van der Waals surface area contributed by atoms with Crippen LogP contribution < -0.4 is 20.7 Å². The van der Waals surface area contributed by atoms with Gasteiger partial charge in [0.25, 0.3) is 0 Å². The summed E-state index contributed by atoms with van der Waals surface area (Å²) >= 11 is 5.67. The summed E-state index contributed by atoms with van der Waals surface area (Å²) in [4.78, 5) is 12.7. The van der Waals surface area contributed by atoms with Crippen LogP contribution in [0.15, 0.2) is 54.6 Å². The fourth-order valence-corrected chi connectivity index (χ4v) is 3.91. The fourth-order valence-electron chi connectivity index (χ4n) is 3.43. The number of rotatable bonds is 2. The maximum Gasteiger partial charge on any atom is 0.318 e. The van der Waals surface area contributed by atoms with Gasteiger partial charge in [-0.25, -0.2) is 4.79 Å². The van der Waals surface area contributed by atoms with E-state index in [9.17, 15) is 4.79 Å². The molecule has 3 atom stereocenters. The Morgan fingerprint density at radius 2 is 1.88 bits per heavy atom. The molecule has 5 nitrogen and oxygen atoms in total. The molecular weight excluding hydrogens is 322 g/mol. The third-order valence-corrected chi connectivity index (χ3v) is 4.83. The van der Waals surface area contributed by atoms with Crippen LogP contribution in [0.2, 0.25) is 0 Å². The van der Waals surface area contributed by atoms with Gasteiger partial charge in [-0.15, -0.1) is 0 Å². The number of para-hydroxylation sites is 2. The van der Waals surface area contributed by atoms with Crippen LogP contribution in [0.3, 0.4) is 0 Å². The van der Waals surface area contributed by atoms with Crippen LogP contribution in [0.25, 0.3) is 0 Å². The van der Waals surface area contributed by atoms with Gasteiger partial charge in [0, 0.05) is 11.3 Å². The number of fused-ring (bicyclic) bond motifs is 4. The van der Waals surface area contributed by atoms with E-state index < -0.39 is 5.72 Å². The average molecular weight is 339 g/mol. The summed E-state index contributed by atoms with van der Waals surface area (Å²) in [7, 11) is 0. The molecule has 3 N–H and O–H groups in total. The van der Waals surface area contributed by atoms with Crippen molar-refractivity contribution in [2.24, 2.45) is 5.92 Å². The summed E-state index contributed by atoms with van der Waals surface area (Å²) in [6.07, 6.45) is 0. The van der Waals surface area contributed by atoms with Crippen LogP contribution in [0.1, 0.15) is 18.5 Å². The van der Waals surface area contributed by atoms with Gasteiger partial charge < -0.3 is 15.4 Å². The Morgan fingerprint density at radius 3 is 2.67 bits per heavy atom. The zero-order valence-corrected chi connectivity index (χ0v) is 13.9. The summed E-state index contributed by atoms with van der Waals surface area (Å²) in [5.74, 6) is 0.525. The number of amides is 2. The van der Waals surface area contributed by atoms with Crippen molar-refractivity contribution in [2.75, 3.05) is 5.32 Å². The lowest BCUT2D eigenvalue weighted by Crippen LogP contribution is -2.70. The summed E-state index contributed by atoms with van der Waals surface area (Å²) in [5.41, 5.74) is 0.946. The normalized spacial score (nSPS) is 27.1. The molecule has 0 saturated carbocycles. The molecule has 0 aromatic heterocycles. The van der Waals surface area contributed by atoms with Crippen molar-refractivity contribution in [2.45, 2.75) is 18.7 Å². The molecule has 6 heteroatoms. The van der Waals surface area contributed by atoms with Crippen LogP contribution >= 0.6 is 12.2 Å². The maximum absolute atomic E-state index is 12.1. The lowest BCUT2D eigenvalue weighted by atomic mass is 9.80. The number of benzene rings is 2. The highest BCUT2D eigenvalue weighted by Gasteiger charge is 2.53. The third kappa shape index (κ3) is 2.39. The molecule has 24 heavy (non-hydrogen) atoms. The van der Waals surface area contributed by atoms with Crippen molar-refractivity contribution in [1.82, 2.24) is 10.6 Å². The fraction of sp³-hybridized carbons (Fsp3) is 0.222. The molecule has 2 aliphatic heterocycles. The van der Waals surface area contributed by atoms with Crippen LogP contribution in [0.5, 0.6) is 5.75 Å². The molecule has 2 amide bonds. The van der Waals surface area contributed by atoms with E-state index in [0.717, 1.165) is 17.0 Å².